The molecule has 0 spiro atoms. The third-order valence-corrected chi connectivity index (χ3v) is 2.75. The molecule has 1 N–H and O–H groups in total. The van der Waals surface area contributed by atoms with E-state index in [0.29, 0.717) is 0 Å². The predicted molar refractivity (Wildman–Crippen MR) is 82.7 cm³/mol. The van der Waals surface area contributed by atoms with Crippen LogP contribution in [0.2, 0.25) is 0 Å². The van der Waals surface area contributed by atoms with Crippen molar-refractivity contribution >= 4 is 29.7 Å². The molecule has 0 radical (unpaired) electrons. The molecule has 0 atom stereocenters. The summed E-state index contributed by atoms with van der Waals surface area (Å²) in [6.07, 6.45) is 0. The van der Waals surface area contributed by atoms with Gasteiger partial charge in [-0.25, -0.2) is 0 Å². The van der Waals surface area contributed by atoms with E-state index in [2.05, 4.69) is 10.5 Å². The van der Waals surface area contributed by atoms with E-state index < -0.39 is 4.92 Å². The van der Waals surface area contributed by atoms with E-state index in [4.69, 9.17) is 0 Å². The Morgan fingerprint density at radius 3 is 2.00 bits per heavy atom. The monoisotopic (exact) mass is 305 g/mol. The molecule has 0 aromatic heterocycles. The lowest BCUT2D eigenvalue weighted by Crippen LogP contribution is -2.45. The van der Waals surface area contributed by atoms with Gasteiger partial charge in [-0.1, -0.05) is 41.5 Å². The maximum atomic E-state index is 10.9. The fourth-order valence-corrected chi connectivity index (χ4v) is 1.85. The van der Waals surface area contributed by atoms with Crippen molar-refractivity contribution in [1.82, 2.24) is 5.43 Å². The van der Waals surface area contributed by atoms with Gasteiger partial charge in [0.1, 0.15) is 5.69 Å². The van der Waals surface area contributed by atoms with E-state index in [-0.39, 0.29) is 18.4 Å². The van der Waals surface area contributed by atoms with E-state index in [0.717, 1.165) is 11.4 Å². The van der Waals surface area contributed by atoms with Gasteiger partial charge < -0.3 is 10.1 Å². The van der Waals surface area contributed by atoms with E-state index >= 15 is 0 Å². The molecule has 0 fully saturated rings. The highest BCUT2D eigenvalue weighted by Gasteiger charge is 2.34. The summed E-state index contributed by atoms with van der Waals surface area (Å²) >= 11 is 0. The first-order valence-corrected chi connectivity index (χ1v) is 5.95. The van der Waals surface area contributed by atoms with Crippen molar-refractivity contribution in [3.63, 3.8) is 0 Å². The van der Waals surface area contributed by atoms with Gasteiger partial charge in [-0.3, -0.25) is 0 Å². The number of guanidine groups is 1. The number of rotatable bonds is 2. The molecule has 0 saturated heterocycles. The van der Waals surface area contributed by atoms with Gasteiger partial charge in [0.25, 0.3) is 0 Å². The molecular formula is C13H12ClN5O2. The number of hydrogen-bond donors (Lipinski definition) is 1. The number of anilines is 2. The van der Waals surface area contributed by atoms with Crippen molar-refractivity contribution < 1.29 is 4.92 Å². The van der Waals surface area contributed by atoms with Gasteiger partial charge in [-0.2, -0.15) is 0 Å². The summed E-state index contributed by atoms with van der Waals surface area (Å²) < 4.78 is 0. The van der Waals surface area contributed by atoms with Crippen LogP contribution < -0.4 is 15.7 Å². The Labute approximate surface area is 127 Å². The minimum absolute atomic E-state index is 0. The first-order chi connectivity index (χ1) is 9.75. The predicted octanol–water partition coefficient (Wildman–Crippen LogP) is 2.40. The van der Waals surface area contributed by atoms with Gasteiger partial charge in [-0.05, 0) is 29.2 Å². The van der Waals surface area contributed by atoms with Gasteiger partial charge in [0.05, 0.1) is 10.8 Å². The molecule has 8 heteroatoms. The molecule has 0 bridgehead atoms. The average molecular weight is 306 g/mol. The number of nitrogens with one attached hydrogen (secondary N) is 1. The zero-order valence-corrected chi connectivity index (χ0v) is 11.6. The van der Waals surface area contributed by atoms with Crippen LogP contribution in [0.4, 0.5) is 11.4 Å². The van der Waals surface area contributed by atoms with Gasteiger partial charge in [0, 0.05) is 0 Å². The molecule has 108 valence electrons. The zero-order chi connectivity index (χ0) is 13.9. The lowest BCUT2D eigenvalue weighted by Gasteiger charge is -2.21. The van der Waals surface area contributed by atoms with Gasteiger partial charge in [-0.15, -0.1) is 23.0 Å². The minimum atomic E-state index is -0.557. The number of nitrogens with zero attached hydrogens (tertiary/aromatic N) is 4. The van der Waals surface area contributed by atoms with Crippen LogP contribution in [0.3, 0.4) is 0 Å². The lowest BCUT2D eigenvalue weighted by atomic mass is 10.3. The van der Waals surface area contributed by atoms with Crippen molar-refractivity contribution in [2.24, 2.45) is 5.10 Å². The van der Waals surface area contributed by atoms with Crippen LogP contribution in [-0.4, -0.2) is 10.9 Å². The molecule has 1 aliphatic heterocycles. The Kier molecular flexibility index (Phi) is 4.24. The fraction of sp³-hybridized carbons (Fsp3) is 0. The largest absolute Gasteiger partial charge is 0.473 e. The fourth-order valence-electron chi connectivity index (χ4n) is 1.85. The number of benzene rings is 2. The maximum absolute atomic E-state index is 10.9. The summed E-state index contributed by atoms with van der Waals surface area (Å²) in [5.74, 6) is -0.322. The highest BCUT2D eigenvalue weighted by Crippen LogP contribution is 2.23. The molecule has 0 aliphatic carbocycles. The van der Waals surface area contributed by atoms with Crippen molar-refractivity contribution in [2.45, 2.75) is 0 Å². The second kappa shape index (κ2) is 6.10. The Bertz CT molecular complexity index is 650. The summed E-state index contributed by atoms with van der Waals surface area (Å²) in [7, 11) is 0. The molecule has 2 aromatic rings. The summed E-state index contributed by atoms with van der Waals surface area (Å²) in [6, 6.07) is 18.5. The number of halogens is 1. The maximum Gasteiger partial charge on any atom is 0.473 e. The van der Waals surface area contributed by atoms with Crippen LogP contribution in [0.1, 0.15) is 0 Å². The minimum Gasteiger partial charge on any atom is -0.390 e. The summed E-state index contributed by atoms with van der Waals surface area (Å²) in [4.78, 5) is 10.4. The number of hydrogen-bond acceptors (Lipinski definition) is 6. The topological polar surface area (TPSA) is 74.0 Å². The SMILES string of the molecule is Cl.O=[N+]([O-])C1=NN(c2ccccc2)N(c2ccccc2)N1. The normalized spacial score (nSPS) is 13.2. The molecule has 0 saturated carbocycles. The zero-order valence-electron chi connectivity index (χ0n) is 10.8. The van der Waals surface area contributed by atoms with E-state index in [1.54, 1.807) is 0 Å². The molecule has 0 amide bonds. The number of para-hydroxylation sites is 2. The smallest absolute Gasteiger partial charge is 0.390 e. The molecular weight excluding hydrogens is 294 g/mol. The number of hydrazine groups is 2. The molecule has 2 aromatic carbocycles. The molecule has 1 heterocycles. The van der Waals surface area contributed by atoms with Crippen molar-refractivity contribution in [3.05, 3.63) is 70.8 Å². The summed E-state index contributed by atoms with van der Waals surface area (Å²) in [5.41, 5.74) is 4.14. The molecule has 21 heavy (non-hydrogen) atoms. The third kappa shape index (κ3) is 2.87. The Balaban J connectivity index is 0.00000161. The number of hydrazone groups is 1. The standard InChI is InChI=1S/C13H11N5O2.ClH/c19-18(20)13-14-16(11-7-3-1-4-8-11)17(15-13)12-9-5-2-6-10-12;/h1-10H,(H,14,15);1H. The van der Waals surface area contributed by atoms with Crippen LogP contribution in [0.5, 0.6) is 0 Å². The molecule has 0 unspecified atom stereocenters. The second-order valence-corrected chi connectivity index (χ2v) is 4.06. The highest BCUT2D eigenvalue weighted by atomic mass is 35.5. The Morgan fingerprint density at radius 1 is 0.952 bits per heavy atom. The summed E-state index contributed by atoms with van der Waals surface area (Å²) in [6.45, 7) is 0. The first-order valence-electron chi connectivity index (χ1n) is 5.95. The summed E-state index contributed by atoms with van der Waals surface area (Å²) in [5, 5.41) is 17.9. The number of nitro groups is 1. The van der Waals surface area contributed by atoms with Crippen molar-refractivity contribution in [3.8, 4) is 0 Å². The quantitative estimate of drug-likeness (QED) is 0.681. The average Bonchev–Trinajstić information content (AvgIpc) is 2.94. The molecule has 7 nitrogen and oxygen atoms in total. The van der Waals surface area contributed by atoms with Crippen molar-refractivity contribution in [1.29, 1.82) is 0 Å². The van der Waals surface area contributed by atoms with Crippen LogP contribution in [0.25, 0.3) is 0 Å². The van der Waals surface area contributed by atoms with E-state index in [1.165, 1.54) is 10.2 Å². The third-order valence-electron chi connectivity index (χ3n) is 2.75. The highest BCUT2D eigenvalue weighted by molar-refractivity contribution is 5.85. The van der Waals surface area contributed by atoms with E-state index in [1.807, 2.05) is 60.7 Å². The molecule has 3 rings (SSSR count). The van der Waals surface area contributed by atoms with Crippen LogP contribution in [-0.2, 0) is 0 Å². The van der Waals surface area contributed by atoms with Crippen molar-refractivity contribution in [2.75, 3.05) is 10.2 Å². The Hall–Kier alpha value is -2.80. The van der Waals surface area contributed by atoms with Gasteiger partial charge in [0.15, 0.2) is 0 Å². The van der Waals surface area contributed by atoms with Crippen LogP contribution in [0, 0.1) is 10.1 Å². The second-order valence-electron chi connectivity index (χ2n) is 4.06. The van der Waals surface area contributed by atoms with Gasteiger partial charge in [0.2, 0.25) is 0 Å². The lowest BCUT2D eigenvalue weighted by molar-refractivity contribution is -0.354. The molecule has 1 aliphatic rings. The van der Waals surface area contributed by atoms with Gasteiger partial charge >= 0.3 is 5.96 Å². The first kappa shape index (κ1) is 14.6. The Morgan fingerprint density at radius 2 is 1.48 bits per heavy atom. The van der Waals surface area contributed by atoms with E-state index in [9.17, 15) is 10.1 Å². The van der Waals surface area contributed by atoms with Crippen LogP contribution in [0.15, 0.2) is 65.8 Å². The van der Waals surface area contributed by atoms with Crippen LogP contribution >= 0.6 is 12.4 Å².